The van der Waals surface area contributed by atoms with Gasteiger partial charge in [-0.3, -0.25) is 4.90 Å². The molecule has 1 N–H and O–H groups in total. The Morgan fingerprint density at radius 1 is 1.12 bits per heavy atom. The van der Waals surface area contributed by atoms with Crippen LogP contribution in [0.15, 0.2) is 42.6 Å². The van der Waals surface area contributed by atoms with Crippen LogP contribution in [0, 0.1) is 0 Å². The second-order valence-electron chi connectivity index (χ2n) is 4.50. The maximum absolute atomic E-state index is 4.26. The van der Waals surface area contributed by atoms with Crippen LogP contribution in [-0.4, -0.2) is 16.9 Å². The highest BCUT2D eigenvalue weighted by Crippen LogP contribution is 2.25. The van der Waals surface area contributed by atoms with Crippen LogP contribution in [0.5, 0.6) is 0 Å². The van der Waals surface area contributed by atoms with Crippen LogP contribution in [0.4, 0.5) is 11.5 Å². The lowest BCUT2D eigenvalue weighted by Crippen LogP contribution is -2.07. The highest BCUT2D eigenvalue weighted by Gasteiger charge is 2.15. The van der Waals surface area contributed by atoms with Gasteiger partial charge in [0, 0.05) is 25.0 Å². The minimum absolute atomic E-state index is 0.888. The molecule has 1 aromatic heterocycles. The summed E-state index contributed by atoms with van der Waals surface area (Å²) < 4.78 is 0. The van der Waals surface area contributed by atoms with Crippen LogP contribution in [-0.2, 0) is 13.1 Å². The highest BCUT2D eigenvalue weighted by atomic mass is 15.1. The van der Waals surface area contributed by atoms with Gasteiger partial charge in [-0.1, -0.05) is 12.1 Å². The third-order valence-electron chi connectivity index (χ3n) is 3.02. The van der Waals surface area contributed by atoms with E-state index in [9.17, 15) is 0 Å². The number of anilines is 2. The Morgan fingerprint density at radius 3 is 2.82 bits per heavy atom. The molecule has 3 nitrogen and oxygen atoms in total. The summed E-state index contributed by atoms with van der Waals surface area (Å²) in [7, 11) is 2.14. The SMILES string of the molecule is CN1Cc2ccc(Nc3ccccn3)cc2C1. The summed E-state index contributed by atoms with van der Waals surface area (Å²) in [6.07, 6.45) is 1.80. The van der Waals surface area contributed by atoms with E-state index in [1.54, 1.807) is 6.20 Å². The molecule has 0 saturated carbocycles. The third-order valence-corrected chi connectivity index (χ3v) is 3.02. The Balaban J connectivity index is 1.84. The van der Waals surface area contributed by atoms with E-state index >= 15 is 0 Å². The molecule has 1 aliphatic rings. The van der Waals surface area contributed by atoms with Crippen molar-refractivity contribution in [1.29, 1.82) is 0 Å². The van der Waals surface area contributed by atoms with Crippen LogP contribution in [0.2, 0.25) is 0 Å². The standard InChI is InChI=1S/C14H15N3/c1-17-9-11-5-6-13(8-12(11)10-17)16-14-4-2-3-7-15-14/h2-8H,9-10H2,1H3,(H,15,16). The van der Waals surface area contributed by atoms with Gasteiger partial charge < -0.3 is 5.32 Å². The number of aromatic nitrogens is 1. The first-order valence-corrected chi connectivity index (χ1v) is 5.80. The molecule has 1 aromatic carbocycles. The van der Waals surface area contributed by atoms with Crippen LogP contribution in [0.3, 0.4) is 0 Å². The molecule has 0 amide bonds. The van der Waals surface area contributed by atoms with Gasteiger partial charge in [-0.15, -0.1) is 0 Å². The monoisotopic (exact) mass is 225 g/mol. The van der Waals surface area contributed by atoms with Crippen molar-refractivity contribution < 1.29 is 0 Å². The number of hydrogen-bond donors (Lipinski definition) is 1. The van der Waals surface area contributed by atoms with Crippen molar-refractivity contribution in [1.82, 2.24) is 9.88 Å². The number of nitrogens with one attached hydrogen (secondary N) is 1. The zero-order chi connectivity index (χ0) is 11.7. The van der Waals surface area contributed by atoms with Gasteiger partial charge in [0.05, 0.1) is 0 Å². The lowest BCUT2D eigenvalue weighted by molar-refractivity contribution is 0.353. The molecule has 0 radical (unpaired) electrons. The predicted octanol–water partition coefficient (Wildman–Crippen LogP) is 2.77. The number of pyridine rings is 1. The molecule has 0 unspecified atom stereocenters. The quantitative estimate of drug-likeness (QED) is 0.851. The summed E-state index contributed by atoms with van der Waals surface area (Å²) in [5.74, 6) is 0.888. The number of benzene rings is 1. The molecule has 2 heterocycles. The van der Waals surface area contributed by atoms with Crippen molar-refractivity contribution in [3.8, 4) is 0 Å². The lowest BCUT2D eigenvalue weighted by atomic mass is 10.1. The molecule has 3 rings (SSSR count). The fraction of sp³-hybridized carbons (Fsp3) is 0.214. The topological polar surface area (TPSA) is 28.2 Å². The second kappa shape index (κ2) is 4.18. The van der Waals surface area contributed by atoms with Crippen molar-refractivity contribution in [3.05, 3.63) is 53.7 Å². The molecule has 86 valence electrons. The summed E-state index contributed by atoms with van der Waals surface area (Å²) in [4.78, 5) is 6.58. The zero-order valence-electron chi connectivity index (χ0n) is 9.85. The van der Waals surface area contributed by atoms with E-state index in [0.717, 1.165) is 24.6 Å². The Kier molecular flexibility index (Phi) is 2.53. The first-order valence-electron chi connectivity index (χ1n) is 5.80. The van der Waals surface area contributed by atoms with Crippen LogP contribution >= 0.6 is 0 Å². The summed E-state index contributed by atoms with van der Waals surface area (Å²) >= 11 is 0. The first-order chi connectivity index (χ1) is 8.31. The van der Waals surface area contributed by atoms with Crippen LogP contribution < -0.4 is 5.32 Å². The zero-order valence-corrected chi connectivity index (χ0v) is 9.85. The average molecular weight is 225 g/mol. The molecule has 0 saturated heterocycles. The largest absolute Gasteiger partial charge is 0.340 e. The Labute approximate surface area is 101 Å². The lowest BCUT2D eigenvalue weighted by Gasteiger charge is -2.06. The van der Waals surface area contributed by atoms with Gasteiger partial charge in [-0.05, 0) is 42.4 Å². The second-order valence-corrected chi connectivity index (χ2v) is 4.50. The maximum atomic E-state index is 4.26. The summed E-state index contributed by atoms with van der Waals surface area (Å²) in [5, 5.41) is 3.32. The van der Waals surface area contributed by atoms with Crippen LogP contribution in [0.1, 0.15) is 11.1 Å². The van der Waals surface area contributed by atoms with Crippen LogP contribution in [0.25, 0.3) is 0 Å². The summed E-state index contributed by atoms with van der Waals surface area (Å²) in [6, 6.07) is 12.4. The van der Waals surface area contributed by atoms with Crippen molar-refractivity contribution in [2.45, 2.75) is 13.1 Å². The minimum atomic E-state index is 0.888. The van der Waals surface area contributed by atoms with Gasteiger partial charge in [-0.25, -0.2) is 4.98 Å². The third kappa shape index (κ3) is 2.15. The van der Waals surface area contributed by atoms with Gasteiger partial charge in [0.15, 0.2) is 0 Å². The molecule has 1 aliphatic heterocycles. The van der Waals surface area contributed by atoms with Gasteiger partial charge in [0.2, 0.25) is 0 Å². The summed E-state index contributed by atoms with van der Waals surface area (Å²) in [5.41, 5.74) is 3.95. The number of rotatable bonds is 2. The minimum Gasteiger partial charge on any atom is -0.340 e. The van der Waals surface area contributed by atoms with Crippen molar-refractivity contribution >= 4 is 11.5 Å². The fourth-order valence-electron chi connectivity index (χ4n) is 2.23. The van der Waals surface area contributed by atoms with E-state index in [1.807, 2.05) is 18.2 Å². The van der Waals surface area contributed by atoms with E-state index in [4.69, 9.17) is 0 Å². The highest BCUT2D eigenvalue weighted by molar-refractivity contribution is 5.58. The first kappa shape index (κ1) is 10.3. The number of hydrogen-bond acceptors (Lipinski definition) is 3. The molecule has 0 bridgehead atoms. The Bertz CT molecular complexity index is 522. The van der Waals surface area contributed by atoms with E-state index in [-0.39, 0.29) is 0 Å². The Morgan fingerprint density at radius 2 is 2.00 bits per heavy atom. The average Bonchev–Trinajstić information content (AvgIpc) is 2.70. The van der Waals surface area contributed by atoms with E-state index in [2.05, 4.69) is 40.4 Å². The predicted molar refractivity (Wildman–Crippen MR) is 69.1 cm³/mol. The maximum Gasteiger partial charge on any atom is 0.130 e. The molecular weight excluding hydrogens is 210 g/mol. The molecule has 0 atom stereocenters. The van der Waals surface area contributed by atoms with Gasteiger partial charge in [0.1, 0.15) is 5.82 Å². The molecule has 0 aliphatic carbocycles. The van der Waals surface area contributed by atoms with E-state index in [0.29, 0.717) is 0 Å². The number of fused-ring (bicyclic) bond motifs is 1. The number of nitrogens with zero attached hydrogens (tertiary/aromatic N) is 2. The molecule has 2 aromatic rings. The van der Waals surface area contributed by atoms with Crippen molar-refractivity contribution in [3.63, 3.8) is 0 Å². The van der Waals surface area contributed by atoms with Crippen molar-refractivity contribution in [2.75, 3.05) is 12.4 Å². The molecular formula is C14H15N3. The molecule has 0 fully saturated rings. The van der Waals surface area contributed by atoms with E-state index in [1.165, 1.54) is 11.1 Å². The summed E-state index contributed by atoms with van der Waals surface area (Å²) in [6.45, 7) is 2.09. The Hall–Kier alpha value is -1.87. The normalized spacial score (nSPS) is 14.6. The van der Waals surface area contributed by atoms with Gasteiger partial charge in [0.25, 0.3) is 0 Å². The van der Waals surface area contributed by atoms with Crippen molar-refractivity contribution in [2.24, 2.45) is 0 Å². The smallest absolute Gasteiger partial charge is 0.130 e. The van der Waals surface area contributed by atoms with Gasteiger partial charge >= 0.3 is 0 Å². The molecule has 17 heavy (non-hydrogen) atoms. The van der Waals surface area contributed by atoms with Gasteiger partial charge in [-0.2, -0.15) is 0 Å². The molecule has 3 heteroatoms. The molecule has 0 spiro atoms. The van der Waals surface area contributed by atoms with E-state index < -0.39 is 0 Å². The fourth-order valence-corrected chi connectivity index (χ4v) is 2.23.